The van der Waals surface area contributed by atoms with Crippen LogP contribution in [0.5, 0.6) is 5.75 Å². The molecule has 0 unspecified atom stereocenters. The number of aromatic nitrogens is 2. The normalized spacial score (nSPS) is 11.2. The van der Waals surface area contributed by atoms with Crippen molar-refractivity contribution in [2.75, 3.05) is 20.3 Å². The standard InChI is InChI=1S/C16H23ClN2O2/c1-3-4-9-21-10-5-8-19-15-7-6-13(20-2)11-14(15)18-16(19)12-17/h6-7,11H,3-5,8-10,12H2,1-2H3. The van der Waals surface area contributed by atoms with Crippen molar-refractivity contribution in [2.24, 2.45) is 0 Å². The third kappa shape index (κ3) is 4.11. The van der Waals surface area contributed by atoms with Gasteiger partial charge in [-0.15, -0.1) is 11.6 Å². The monoisotopic (exact) mass is 310 g/mol. The summed E-state index contributed by atoms with van der Waals surface area (Å²) in [6.45, 7) is 4.66. The maximum atomic E-state index is 6.01. The second-order valence-electron chi connectivity index (χ2n) is 4.99. The van der Waals surface area contributed by atoms with Crippen LogP contribution in [0.25, 0.3) is 11.0 Å². The molecular formula is C16H23ClN2O2. The molecule has 0 N–H and O–H groups in total. The summed E-state index contributed by atoms with van der Waals surface area (Å²) in [5, 5.41) is 0. The zero-order valence-corrected chi connectivity index (χ0v) is 13.5. The van der Waals surface area contributed by atoms with Gasteiger partial charge in [-0.1, -0.05) is 13.3 Å². The molecule has 0 amide bonds. The van der Waals surface area contributed by atoms with Crippen LogP contribution in [0, 0.1) is 0 Å². The molecule has 0 saturated carbocycles. The zero-order valence-electron chi connectivity index (χ0n) is 12.8. The van der Waals surface area contributed by atoms with E-state index in [2.05, 4.69) is 16.5 Å². The Bertz CT molecular complexity index is 569. The van der Waals surface area contributed by atoms with Crippen molar-refractivity contribution in [3.63, 3.8) is 0 Å². The molecule has 0 aliphatic carbocycles. The summed E-state index contributed by atoms with van der Waals surface area (Å²) in [4.78, 5) is 4.58. The van der Waals surface area contributed by atoms with Crippen molar-refractivity contribution in [1.29, 1.82) is 0 Å². The average Bonchev–Trinajstić information content (AvgIpc) is 2.87. The Labute approximate surface area is 131 Å². The van der Waals surface area contributed by atoms with Crippen molar-refractivity contribution < 1.29 is 9.47 Å². The molecule has 2 aromatic rings. The minimum atomic E-state index is 0.410. The van der Waals surface area contributed by atoms with Gasteiger partial charge in [-0.05, 0) is 25.0 Å². The number of hydrogen-bond donors (Lipinski definition) is 0. The maximum Gasteiger partial charge on any atom is 0.124 e. The van der Waals surface area contributed by atoms with Crippen LogP contribution in [0.1, 0.15) is 32.0 Å². The number of ether oxygens (including phenoxy) is 2. The van der Waals surface area contributed by atoms with E-state index in [9.17, 15) is 0 Å². The first kappa shape index (κ1) is 16.1. The summed E-state index contributed by atoms with van der Waals surface area (Å²) in [6.07, 6.45) is 3.26. The van der Waals surface area contributed by atoms with Gasteiger partial charge >= 0.3 is 0 Å². The molecule has 0 fully saturated rings. The molecule has 2 rings (SSSR count). The Kier molecular flexibility index (Phi) is 6.33. The Hall–Kier alpha value is -1.26. The van der Waals surface area contributed by atoms with Gasteiger partial charge < -0.3 is 14.0 Å². The molecule has 5 heteroatoms. The number of unbranched alkanes of at least 4 members (excludes halogenated alkanes) is 1. The summed E-state index contributed by atoms with van der Waals surface area (Å²) in [7, 11) is 1.66. The van der Waals surface area contributed by atoms with E-state index in [4.69, 9.17) is 21.1 Å². The first-order chi connectivity index (χ1) is 10.3. The molecule has 0 spiro atoms. The number of methoxy groups -OCH3 is 1. The highest BCUT2D eigenvalue weighted by Crippen LogP contribution is 2.23. The number of alkyl halides is 1. The van der Waals surface area contributed by atoms with Crippen molar-refractivity contribution in [3.8, 4) is 5.75 Å². The summed E-state index contributed by atoms with van der Waals surface area (Å²) in [5.74, 6) is 2.12. The van der Waals surface area contributed by atoms with E-state index < -0.39 is 0 Å². The van der Waals surface area contributed by atoms with Crippen LogP contribution in [0.3, 0.4) is 0 Å². The number of halogens is 1. The molecule has 0 aliphatic rings. The molecule has 1 aromatic carbocycles. The number of nitrogens with zero attached hydrogens (tertiary/aromatic N) is 2. The smallest absolute Gasteiger partial charge is 0.124 e. The molecule has 1 heterocycles. The number of benzene rings is 1. The van der Waals surface area contributed by atoms with Crippen LogP contribution in [0.15, 0.2) is 18.2 Å². The van der Waals surface area contributed by atoms with E-state index >= 15 is 0 Å². The minimum Gasteiger partial charge on any atom is -0.497 e. The molecular weight excluding hydrogens is 288 g/mol. The molecule has 0 atom stereocenters. The van der Waals surface area contributed by atoms with Gasteiger partial charge in [0.25, 0.3) is 0 Å². The fourth-order valence-electron chi connectivity index (χ4n) is 2.31. The van der Waals surface area contributed by atoms with Gasteiger partial charge in [0.1, 0.15) is 11.6 Å². The molecule has 0 aliphatic heterocycles. The first-order valence-electron chi connectivity index (χ1n) is 7.47. The van der Waals surface area contributed by atoms with Crippen molar-refractivity contribution in [2.45, 2.75) is 38.6 Å². The topological polar surface area (TPSA) is 36.3 Å². The lowest BCUT2D eigenvalue weighted by atomic mass is 10.3. The van der Waals surface area contributed by atoms with Crippen LogP contribution in [0.4, 0.5) is 0 Å². The van der Waals surface area contributed by atoms with Gasteiger partial charge in [0.2, 0.25) is 0 Å². The number of imidazole rings is 1. The fourth-order valence-corrected chi connectivity index (χ4v) is 2.52. The molecule has 0 saturated heterocycles. The third-order valence-electron chi connectivity index (χ3n) is 3.47. The predicted molar refractivity (Wildman–Crippen MR) is 86.2 cm³/mol. The van der Waals surface area contributed by atoms with Crippen molar-refractivity contribution in [1.82, 2.24) is 9.55 Å². The third-order valence-corrected chi connectivity index (χ3v) is 3.71. The lowest BCUT2D eigenvalue weighted by molar-refractivity contribution is 0.126. The minimum absolute atomic E-state index is 0.410. The Balaban J connectivity index is 2.03. The number of aryl methyl sites for hydroxylation is 1. The molecule has 1 aromatic heterocycles. The largest absolute Gasteiger partial charge is 0.497 e. The summed E-state index contributed by atoms with van der Waals surface area (Å²) >= 11 is 6.01. The Morgan fingerprint density at radius 1 is 1.24 bits per heavy atom. The van der Waals surface area contributed by atoms with Gasteiger partial charge in [-0.25, -0.2) is 4.98 Å². The SMILES string of the molecule is CCCCOCCCn1c(CCl)nc2cc(OC)ccc21. The molecule has 0 radical (unpaired) electrons. The van der Waals surface area contributed by atoms with Crippen LogP contribution in [-0.4, -0.2) is 29.9 Å². The number of hydrogen-bond acceptors (Lipinski definition) is 3. The highest BCUT2D eigenvalue weighted by molar-refractivity contribution is 6.16. The number of fused-ring (bicyclic) bond motifs is 1. The van der Waals surface area contributed by atoms with Crippen LogP contribution < -0.4 is 4.74 Å². The van der Waals surface area contributed by atoms with Gasteiger partial charge in [-0.2, -0.15) is 0 Å². The van der Waals surface area contributed by atoms with E-state index in [1.54, 1.807) is 7.11 Å². The Morgan fingerprint density at radius 2 is 2.05 bits per heavy atom. The zero-order chi connectivity index (χ0) is 15.1. The summed E-state index contributed by atoms with van der Waals surface area (Å²) < 4.78 is 13.0. The van der Waals surface area contributed by atoms with Gasteiger partial charge in [0.15, 0.2) is 0 Å². The molecule has 4 nitrogen and oxygen atoms in total. The van der Waals surface area contributed by atoms with E-state index in [0.717, 1.165) is 55.2 Å². The van der Waals surface area contributed by atoms with E-state index in [-0.39, 0.29) is 0 Å². The van der Waals surface area contributed by atoms with Gasteiger partial charge in [-0.3, -0.25) is 0 Å². The molecule has 21 heavy (non-hydrogen) atoms. The predicted octanol–water partition coefficient (Wildman–Crippen LogP) is 3.99. The van der Waals surface area contributed by atoms with Crippen LogP contribution in [0.2, 0.25) is 0 Å². The lowest BCUT2D eigenvalue weighted by Gasteiger charge is -2.08. The van der Waals surface area contributed by atoms with E-state index in [1.165, 1.54) is 6.42 Å². The summed E-state index contributed by atoms with van der Waals surface area (Å²) in [5.41, 5.74) is 2.02. The number of rotatable bonds is 9. The lowest BCUT2D eigenvalue weighted by Crippen LogP contribution is -2.06. The van der Waals surface area contributed by atoms with Crippen LogP contribution in [-0.2, 0) is 17.2 Å². The summed E-state index contributed by atoms with van der Waals surface area (Å²) in [6, 6.07) is 5.94. The highest BCUT2D eigenvalue weighted by atomic mass is 35.5. The molecule has 116 valence electrons. The van der Waals surface area contributed by atoms with Crippen molar-refractivity contribution in [3.05, 3.63) is 24.0 Å². The Morgan fingerprint density at radius 3 is 2.76 bits per heavy atom. The first-order valence-corrected chi connectivity index (χ1v) is 8.00. The average molecular weight is 311 g/mol. The van der Waals surface area contributed by atoms with Gasteiger partial charge in [0, 0.05) is 25.8 Å². The van der Waals surface area contributed by atoms with Crippen molar-refractivity contribution >= 4 is 22.6 Å². The molecule has 0 bridgehead atoms. The van der Waals surface area contributed by atoms with E-state index in [1.807, 2.05) is 18.2 Å². The fraction of sp³-hybridized carbons (Fsp3) is 0.562. The maximum absolute atomic E-state index is 6.01. The quantitative estimate of drug-likeness (QED) is 0.519. The van der Waals surface area contributed by atoms with Gasteiger partial charge in [0.05, 0.1) is 24.0 Å². The second kappa shape index (κ2) is 8.25. The van der Waals surface area contributed by atoms with Crippen LogP contribution >= 0.6 is 11.6 Å². The highest BCUT2D eigenvalue weighted by Gasteiger charge is 2.10. The second-order valence-corrected chi connectivity index (χ2v) is 5.25. The van der Waals surface area contributed by atoms with E-state index in [0.29, 0.717) is 5.88 Å².